The first kappa shape index (κ1) is 15.7. The molecule has 0 saturated carbocycles. The third-order valence-corrected chi connectivity index (χ3v) is 3.49. The number of ether oxygens (including phenoxy) is 1. The van der Waals surface area contributed by atoms with Gasteiger partial charge in [0.15, 0.2) is 0 Å². The van der Waals surface area contributed by atoms with Crippen LogP contribution in [0.4, 0.5) is 5.69 Å². The molecule has 0 aromatic heterocycles. The molecular formula is C12H20N2O4S. The normalized spacial score (nSPS) is 12.4. The molecule has 0 bridgehead atoms. The van der Waals surface area contributed by atoms with Crippen LogP contribution in [0, 0.1) is 0 Å². The molecule has 0 atom stereocenters. The maximum Gasteiger partial charge on any atom is 0.215 e. The smallest absolute Gasteiger partial charge is 0.215 e. The molecule has 0 aliphatic rings. The van der Waals surface area contributed by atoms with Crippen molar-refractivity contribution >= 4 is 15.7 Å². The predicted octanol–water partition coefficient (Wildman–Crippen LogP) is 0.338. The number of aliphatic hydroxyl groups is 1. The van der Waals surface area contributed by atoms with E-state index in [1.165, 1.54) is 13.8 Å². The summed E-state index contributed by atoms with van der Waals surface area (Å²) in [5, 5.41) is 9.44. The second-order valence-electron chi connectivity index (χ2n) is 4.87. The molecule has 1 rings (SSSR count). The van der Waals surface area contributed by atoms with Crippen LogP contribution in [0.3, 0.4) is 0 Å². The number of rotatable bonds is 7. The lowest BCUT2D eigenvalue weighted by Crippen LogP contribution is -2.40. The number of nitrogen functional groups attached to an aromatic ring is 1. The number of benzene rings is 1. The fraction of sp³-hybridized carbons (Fsp3) is 0.500. The van der Waals surface area contributed by atoms with Gasteiger partial charge in [0.2, 0.25) is 10.0 Å². The van der Waals surface area contributed by atoms with Crippen molar-refractivity contribution in [2.75, 3.05) is 24.6 Å². The Bertz CT molecular complexity index is 509. The van der Waals surface area contributed by atoms with Gasteiger partial charge >= 0.3 is 0 Å². The number of anilines is 1. The van der Waals surface area contributed by atoms with Gasteiger partial charge in [-0.15, -0.1) is 0 Å². The summed E-state index contributed by atoms with van der Waals surface area (Å²) in [6.45, 7) is 3.04. The Morgan fingerprint density at radius 2 is 2.11 bits per heavy atom. The van der Waals surface area contributed by atoms with Crippen molar-refractivity contribution in [2.24, 2.45) is 0 Å². The number of hydrogen-bond acceptors (Lipinski definition) is 5. The van der Waals surface area contributed by atoms with Gasteiger partial charge in [0.1, 0.15) is 12.4 Å². The molecule has 0 saturated heterocycles. The molecule has 0 amide bonds. The lowest BCUT2D eigenvalue weighted by atomic mass is 10.1. The minimum absolute atomic E-state index is 0.0185. The molecule has 1 aromatic carbocycles. The van der Waals surface area contributed by atoms with E-state index in [9.17, 15) is 13.5 Å². The largest absolute Gasteiger partial charge is 0.492 e. The summed E-state index contributed by atoms with van der Waals surface area (Å²) in [6.07, 6.45) is 0. The Morgan fingerprint density at radius 1 is 1.42 bits per heavy atom. The average Bonchev–Trinajstić information content (AvgIpc) is 2.26. The summed E-state index contributed by atoms with van der Waals surface area (Å²) in [7, 11) is -3.46. The van der Waals surface area contributed by atoms with E-state index in [4.69, 9.17) is 10.5 Å². The van der Waals surface area contributed by atoms with Crippen LogP contribution in [0.2, 0.25) is 0 Å². The van der Waals surface area contributed by atoms with Gasteiger partial charge in [-0.25, -0.2) is 13.1 Å². The second-order valence-corrected chi connectivity index (χ2v) is 6.80. The van der Waals surface area contributed by atoms with Gasteiger partial charge in [0.25, 0.3) is 0 Å². The third-order valence-electron chi connectivity index (χ3n) is 2.20. The molecular weight excluding hydrogens is 268 g/mol. The van der Waals surface area contributed by atoms with Crippen LogP contribution in [0.5, 0.6) is 5.75 Å². The van der Waals surface area contributed by atoms with Crippen LogP contribution >= 0.6 is 0 Å². The van der Waals surface area contributed by atoms with Crippen LogP contribution in [-0.2, 0) is 10.0 Å². The van der Waals surface area contributed by atoms with Gasteiger partial charge in [-0.2, -0.15) is 0 Å². The summed E-state index contributed by atoms with van der Waals surface area (Å²) in [5.74, 6) is 0.343. The maximum atomic E-state index is 11.6. The molecule has 0 fully saturated rings. The van der Waals surface area contributed by atoms with Gasteiger partial charge in [0, 0.05) is 18.3 Å². The molecule has 6 nitrogen and oxygen atoms in total. The van der Waals surface area contributed by atoms with Crippen molar-refractivity contribution in [3.8, 4) is 5.75 Å². The molecule has 108 valence electrons. The highest BCUT2D eigenvalue weighted by atomic mass is 32.2. The number of sulfonamides is 1. The molecule has 0 aliphatic carbocycles. The summed E-state index contributed by atoms with van der Waals surface area (Å²) < 4.78 is 30.8. The lowest BCUT2D eigenvalue weighted by Gasteiger charge is -2.17. The van der Waals surface area contributed by atoms with Crippen LogP contribution in [0.25, 0.3) is 0 Å². The molecule has 0 aliphatic heterocycles. The fourth-order valence-electron chi connectivity index (χ4n) is 1.23. The SMILES string of the molecule is CC(C)(O)CNS(=O)(=O)CCOc1cccc(N)c1. The minimum Gasteiger partial charge on any atom is -0.492 e. The lowest BCUT2D eigenvalue weighted by molar-refractivity contribution is 0.0857. The van der Waals surface area contributed by atoms with E-state index in [0.717, 1.165) is 0 Å². The molecule has 1 aromatic rings. The Hall–Kier alpha value is -1.31. The average molecular weight is 288 g/mol. The summed E-state index contributed by atoms with van der Waals surface area (Å²) in [4.78, 5) is 0. The Balaban J connectivity index is 2.40. The predicted molar refractivity (Wildman–Crippen MR) is 74.4 cm³/mol. The van der Waals surface area contributed by atoms with E-state index in [1.54, 1.807) is 24.3 Å². The van der Waals surface area contributed by atoms with Crippen molar-refractivity contribution in [3.63, 3.8) is 0 Å². The van der Waals surface area contributed by atoms with Gasteiger partial charge in [-0.1, -0.05) is 6.07 Å². The van der Waals surface area contributed by atoms with E-state index < -0.39 is 15.6 Å². The van der Waals surface area contributed by atoms with Gasteiger partial charge in [-0.05, 0) is 26.0 Å². The van der Waals surface area contributed by atoms with E-state index >= 15 is 0 Å². The fourth-order valence-corrected chi connectivity index (χ4v) is 2.25. The quantitative estimate of drug-likeness (QED) is 0.628. The molecule has 0 heterocycles. The molecule has 0 spiro atoms. The first-order valence-corrected chi connectivity index (χ1v) is 7.51. The zero-order valence-corrected chi connectivity index (χ0v) is 11.9. The molecule has 7 heteroatoms. The summed E-state index contributed by atoms with van der Waals surface area (Å²) >= 11 is 0. The minimum atomic E-state index is -3.46. The van der Waals surface area contributed by atoms with Crippen LogP contribution < -0.4 is 15.2 Å². The highest BCUT2D eigenvalue weighted by Crippen LogP contribution is 2.14. The Labute approximate surface area is 113 Å². The molecule has 0 radical (unpaired) electrons. The van der Waals surface area contributed by atoms with Crippen LogP contribution in [-0.4, -0.2) is 38.0 Å². The standard InChI is InChI=1S/C12H20N2O4S/c1-12(2,15)9-14-19(16,17)7-6-18-11-5-3-4-10(13)8-11/h3-5,8,14-15H,6-7,9,13H2,1-2H3. The zero-order chi connectivity index (χ0) is 14.5. The number of nitrogens with one attached hydrogen (secondary N) is 1. The van der Waals surface area contributed by atoms with Crippen molar-refractivity contribution in [1.82, 2.24) is 4.72 Å². The van der Waals surface area contributed by atoms with Gasteiger partial charge in [0.05, 0.1) is 11.4 Å². The monoisotopic (exact) mass is 288 g/mol. The van der Waals surface area contributed by atoms with E-state index in [1.807, 2.05) is 0 Å². The first-order valence-electron chi connectivity index (χ1n) is 5.86. The molecule has 0 unspecified atom stereocenters. The van der Waals surface area contributed by atoms with Crippen molar-refractivity contribution < 1.29 is 18.3 Å². The van der Waals surface area contributed by atoms with Crippen LogP contribution in [0.15, 0.2) is 24.3 Å². The van der Waals surface area contributed by atoms with Gasteiger partial charge < -0.3 is 15.6 Å². The number of hydrogen-bond donors (Lipinski definition) is 3. The zero-order valence-electron chi connectivity index (χ0n) is 11.1. The topological polar surface area (TPSA) is 102 Å². The van der Waals surface area contributed by atoms with Crippen molar-refractivity contribution in [3.05, 3.63) is 24.3 Å². The van der Waals surface area contributed by atoms with Crippen molar-refractivity contribution in [1.29, 1.82) is 0 Å². The van der Waals surface area contributed by atoms with E-state index in [0.29, 0.717) is 11.4 Å². The van der Waals surface area contributed by atoms with Gasteiger partial charge in [-0.3, -0.25) is 0 Å². The second kappa shape index (κ2) is 6.23. The van der Waals surface area contributed by atoms with E-state index in [-0.39, 0.29) is 18.9 Å². The highest BCUT2D eigenvalue weighted by Gasteiger charge is 2.17. The molecule has 4 N–H and O–H groups in total. The highest BCUT2D eigenvalue weighted by molar-refractivity contribution is 7.89. The van der Waals surface area contributed by atoms with Crippen LogP contribution in [0.1, 0.15) is 13.8 Å². The summed E-state index contributed by atoms with van der Waals surface area (Å²) in [5.41, 5.74) is 5.05. The third kappa shape index (κ3) is 7.00. The van der Waals surface area contributed by atoms with E-state index in [2.05, 4.69) is 4.72 Å². The maximum absolute atomic E-state index is 11.6. The van der Waals surface area contributed by atoms with Crippen molar-refractivity contribution in [2.45, 2.75) is 19.4 Å². The Kier molecular flexibility index (Phi) is 5.16. The first-order chi connectivity index (χ1) is 8.68. The Morgan fingerprint density at radius 3 is 2.68 bits per heavy atom. The summed E-state index contributed by atoms with van der Waals surface area (Å²) in [6, 6.07) is 6.77. The number of nitrogens with two attached hydrogens (primary N) is 1. The molecule has 19 heavy (non-hydrogen) atoms.